The summed E-state index contributed by atoms with van der Waals surface area (Å²) >= 11 is 0. The fourth-order valence-electron chi connectivity index (χ4n) is 3.05. The lowest BCUT2D eigenvalue weighted by Crippen LogP contribution is -2.45. The van der Waals surface area contributed by atoms with Crippen LogP contribution in [-0.2, 0) is 25.7 Å². The van der Waals surface area contributed by atoms with Gasteiger partial charge >= 0.3 is 12.1 Å². The molecule has 2 rings (SSSR count). The molecule has 1 aliphatic rings. The number of likely N-dealkylation sites (tertiary alicyclic amines) is 1. The molecule has 6 nitrogen and oxygen atoms in total. The Balaban J connectivity index is 2.06. The molecule has 9 heteroatoms. The number of carbonyl (C=O) groups excluding carboxylic acids is 3. The van der Waals surface area contributed by atoms with Crippen LogP contribution >= 0.6 is 0 Å². The van der Waals surface area contributed by atoms with Crippen LogP contribution in [0.25, 0.3) is 0 Å². The van der Waals surface area contributed by atoms with E-state index in [2.05, 4.69) is 4.74 Å². The summed E-state index contributed by atoms with van der Waals surface area (Å²) in [5.74, 6) is -3.01. The van der Waals surface area contributed by atoms with Crippen molar-refractivity contribution in [1.29, 1.82) is 0 Å². The van der Waals surface area contributed by atoms with Gasteiger partial charge in [0.2, 0.25) is 11.8 Å². The lowest BCUT2D eigenvalue weighted by atomic mass is 10.1. The molecule has 1 aromatic rings. The highest BCUT2D eigenvalue weighted by Gasteiger charge is 2.40. The van der Waals surface area contributed by atoms with Gasteiger partial charge in [-0.3, -0.25) is 14.4 Å². The van der Waals surface area contributed by atoms with Crippen LogP contribution in [-0.4, -0.2) is 60.0 Å². The molecule has 154 valence electrons. The number of aryl methyl sites for hydroxylation is 1. The minimum Gasteiger partial charge on any atom is -0.465 e. The molecular formula is C19H23F3N2O4. The summed E-state index contributed by atoms with van der Waals surface area (Å²) in [7, 11) is 0. The number of benzene rings is 1. The van der Waals surface area contributed by atoms with Gasteiger partial charge in [0.15, 0.2) is 0 Å². The Kier molecular flexibility index (Phi) is 7.04. The quantitative estimate of drug-likeness (QED) is 0.659. The minimum absolute atomic E-state index is 0.000869. The van der Waals surface area contributed by atoms with Gasteiger partial charge in [0.25, 0.3) is 0 Å². The molecule has 28 heavy (non-hydrogen) atoms. The maximum Gasteiger partial charge on any atom is 0.406 e. The maximum atomic E-state index is 12.8. The SMILES string of the molecule is CCOC(=O)CN(CC(F)(F)F)C(=O)C1CC(=O)N(Cc2ccc(C)cc2)C1. The molecule has 0 spiro atoms. The zero-order valence-corrected chi connectivity index (χ0v) is 15.8. The van der Waals surface area contributed by atoms with Gasteiger partial charge in [0.05, 0.1) is 12.5 Å². The van der Waals surface area contributed by atoms with E-state index >= 15 is 0 Å². The topological polar surface area (TPSA) is 66.9 Å². The monoisotopic (exact) mass is 400 g/mol. The fraction of sp³-hybridized carbons (Fsp3) is 0.526. The Labute approximate surface area is 161 Å². The maximum absolute atomic E-state index is 12.8. The Morgan fingerprint density at radius 1 is 1.25 bits per heavy atom. The summed E-state index contributed by atoms with van der Waals surface area (Å²) in [5, 5.41) is 0. The van der Waals surface area contributed by atoms with Crippen molar-refractivity contribution < 1.29 is 32.3 Å². The molecule has 1 heterocycles. The zero-order valence-electron chi connectivity index (χ0n) is 15.8. The van der Waals surface area contributed by atoms with Gasteiger partial charge in [0, 0.05) is 19.5 Å². The van der Waals surface area contributed by atoms with E-state index in [1.807, 2.05) is 31.2 Å². The number of nitrogens with zero attached hydrogens (tertiary/aromatic N) is 2. The highest BCUT2D eigenvalue weighted by molar-refractivity contribution is 5.90. The van der Waals surface area contributed by atoms with Crippen molar-refractivity contribution in [3.8, 4) is 0 Å². The van der Waals surface area contributed by atoms with Crippen molar-refractivity contribution in [2.75, 3.05) is 26.2 Å². The average molecular weight is 400 g/mol. The Morgan fingerprint density at radius 2 is 1.89 bits per heavy atom. The van der Waals surface area contributed by atoms with E-state index in [4.69, 9.17) is 0 Å². The van der Waals surface area contributed by atoms with Crippen molar-refractivity contribution in [1.82, 2.24) is 9.80 Å². The van der Waals surface area contributed by atoms with Gasteiger partial charge in [-0.05, 0) is 19.4 Å². The van der Waals surface area contributed by atoms with Crippen LogP contribution < -0.4 is 0 Å². The van der Waals surface area contributed by atoms with E-state index in [1.165, 1.54) is 11.8 Å². The van der Waals surface area contributed by atoms with E-state index in [0.29, 0.717) is 4.90 Å². The number of ether oxygens (including phenoxy) is 1. The second kappa shape index (κ2) is 9.07. The van der Waals surface area contributed by atoms with Crippen LogP contribution in [0.3, 0.4) is 0 Å². The molecule has 0 aliphatic carbocycles. The Bertz CT molecular complexity index is 719. The van der Waals surface area contributed by atoms with Crippen molar-refractivity contribution >= 4 is 17.8 Å². The van der Waals surface area contributed by atoms with Crippen molar-refractivity contribution in [2.24, 2.45) is 5.92 Å². The first-order valence-electron chi connectivity index (χ1n) is 8.93. The standard InChI is InChI=1S/C19H23F3N2O4/c1-3-28-17(26)11-24(12-19(20,21)22)18(27)15-8-16(25)23(10-15)9-14-6-4-13(2)5-7-14/h4-7,15H,3,8-12H2,1-2H3. The molecule has 0 N–H and O–H groups in total. The van der Waals surface area contributed by atoms with Crippen LogP contribution in [0.5, 0.6) is 0 Å². The minimum atomic E-state index is -4.66. The molecule has 0 radical (unpaired) electrons. The third-order valence-electron chi connectivity index (χ3n) is 4.36. The first kappa shape index (κ1) is 21.7. The number of halogens is 3. The number of amides is 2. The normalized spacial score (nSPS) is 17.0. The summed E-state index contributed by atoms with van der Waals surface area (Å²) in [6, 6.07) is 7.49. The smallest absolute Gasteiger partial charge is 0.406 e. The van der Waals surface area contributed by atoms with E-state index in [1.54, 1.807) is 0 Å². The van der Waals surface area contributed by atoms with Gasteiger partial charge < -0.3 is 14.5 Å². The van der Waals surface area contributed by atoms with Crippen LogP contribution in [0.4, 0.5) is 13.2 Å². The molecule has 0 aromatic heterocycles. The second-order valence-electron chi connectivity index (χ2n) is 6.78. The molecule has 1 aliphatic heterocycles. The van der Waals surface area contributed by atoms with Crippen LogP contribution in [0, 0.1) is 12.8 Å². The van der Waals surface area contributed by atoms with Crippen molar-refractivity contribution in [3.05, 3.63) is 35.4 Å². The number of rotatable bonds is 7. The summed E-state index contributed by atoms with van der Waals surface area (Å²) in [4.78, 5) is 38.3. The Morgan fingerprint density at radius 3 is 2.46 bits per heavy atom. The van der Waals surface area contributed by atoms with Crippen molar-refractivity contribution in [2.45, 2.75) is 33.0 Å². The number of carbonyl (C=O) groups is 3. The summed E-state index contributed by atoms with van der Waals surface area (Å²) in [6.45, 7) is 1.38. The predicted octanol–water partition coefficient (Wildman–Crippen LogP) is 2.30. The Hall–Kier alpha value is -2.58. The molecule has 0 saturated carbocycles. The van der Waals surface area contributed by atoms with E-state index in [-0.39, 0.29) is 32.0 Å². The highest BCUT2D eigenvalue weighted by atomic mass is 19.4. The number of hydrogen-bond acceptors (Lipinski definition) is 4. The first-order chi connectivity index (χ1) is 13.1. The third kappa shape index (κ3) is 6.24. The van der Waals surface area contributed by atoms with Gasteiger partial charge in [-0.25, -0.2) is 0 Å². The van der Waals surface area contributed by atoms with Gasteiger partial charge in [0.1, 0.15) is 13.1 Å². The van der Waals surface area contributed by atoms with Gasteiger partial charge in [-0.15, -0.1) is 0 Å². The molecule has 1 saturated heterocycles. The van der Waals surface area contributed by atoms with E-state index < -0.39 is 37.1 Å². The molecule has 1 fully saturated rings. The van der Waals surface area contributed by atoms with Gasteiger partial charge in [-0.2, -0.15) is 13.2 Å². The first-order valence-corrected chi connectivity index (χ1v) is 8.93. The summed E-state index contributed by atoms with van der Waals surface area (Å²) in [5.41, 5.74) is 1.93. The predicted molar refractivity (Wildman–Crippen MR) is 94.0 cm³/mol. The number of hydrogen-bond donors (Lipinski definition) is 0. The fourth-order valence-corrected chi connectivity index (χ4v) is 3.05. The summed E-state index contributed by atoms with van der Waals surface area (Å²) in [6.07, 6.45) is -4.84. The summed E-state index contributed by atoms with van der Waals surface area (Å²) < 4.78 is 43.2. The lowest BCUT2D eigenvalue weighted by molar-refractivity contribution is -0.169. The molecule has 2 amide bonds. The highest BCUT2D eigenvalue weighted by Crippen LogP contribution is 2.24. The van der Waals surface area contributed by atoms with Crippen LogP contribution in [0.1, 0.15) is 24.5 Å². The van der Waals surface area contributed by atoms with Gasteiger partial charge in [-0.1, -0.05) is 29.8 Å². The molecule has 1 atom stereocenters. The zero-order chi connectivity index (χ0) is 20.9. The average Bonchev–Trinajstić information content (AvgIpc) is 2.95. The lowest BCUT2D eigenvalue weighted by Gasteiger charge is -2.25. The molecule has 1 aromatic carbocycles. The van der Waals surface area contributed by atoms with E-state index in [0.717, 1.165) is 11.1 Å². The third-order valence-corrected chi connectivity index (χ3v) is 4.36. The van der Waals surface area contributed by atoms with Crippen LogP contribution in [0.2, 0.25) is 0 Å². The van der Waals surface area contributed by atoms with Crippen molar-refractivity contribution in [3.63, 3.8) is 0 Å². The second-order valence-corrected chi connectivity index (χ2v) is 6.78. The molecule has 1 unspecified atom stereocenters. The molecule has 0 bridgehead atoms. The number of esters is 1. The number of alkyl halides is 3. The van der Waals surface area contributed by atoms with E-state index in [9.17, 15) is 27.6 Å². The van der Waals surface area contributed by atoms with Crippen LogP contribution in [0.15, 0.2) is 24.3 Å². The molecular weight excluding hydrogens is 377 g/mol. The largest absolute Gasteiger partial charge is 0.465 e.